The normalized spacial score (nSPS) is 18.0. The summed E-state index contributed by atoms with van der Waals surface area (Å²) in [6.07, 6.45) is 3.86. The smallest absolute Gasteiger partial charge is 0.137 e. The number of halogens is 1. The first-order valence-electron chi connectivity index (χ1n) is 7.82. The molecule has 118 valence electrons. The van der Waals surface area contributed by atoms with Gasteiger partial charge in [0.1, 0.15) is 16.2 Å². The van der Waals surface area contributed by atoms with Gasteiger partial charge in [0, 0.05) is 18.0 Å². The summed E-state index contributed by atoms with van der Waals surface area (Å²) in [5.74, 6) is 2.65. The van der Waals surface area contributed by atoms with Gasteiger partial charge in [-0.15, -0.1) is 0 Å². The van der Waals surface area contributed by atoms with Gasteiger partial charge in [0.05, 0.1) is 0 Å². The predicted octanol–water partition coefficient (Wildman–Crippen LogP) is 3.68. The molecular formula is C16H27BrN4. The molecule has 0 bridgehead atoms. The van der Waals surface area contributed by atoms with Gasteiger partial charge >= 0.3 is 0 Å². The van der Waals surface area contributed by atoms with E-state index in [4.69, 9.17) is 0 Å². The lowest BCUT2D eigenvalue weighted by Gasteiger charge is -2.29. The van der Waals surface area contributed by atoms with Crippen molar-refractivity contribution in [3.8, 4) is 0 Å². The van der Waals surface area contributed by atoms with Crippen LogP contribution in [0.15, 0.2) is 10.7 Å². The summed E-state index contributed by atoms with van der Waals surface area (Å²) in [6.45, 7) is 9.86. The Bertz CT molecular complexity index is 462. The molecule has 21 heavy (non-hydrogen) atoms. The Morgan fingerprint density at radius 1 is 1.29 bits per heavy atom. The molecule has 0 spiro atoms. The lowest BCUT2D eigenvalue weighted by molar-refractivity contribution is 0.215. The van der Waals surface area contributed by atoms with E-state index in [1.54, 1.807) is 0 Å². The molecule has 0 radical (unpaired) electrons. The Morgan fingerprint density at radius 3 is 2.57 bits per heavy atom. The Balaban J connectivity index is 1.87. The van der Waals surface area contributed by atoms with Crippen LogP contribution < -0.4 is 5.32 Å². The van der Waals surface area contributed by atoms with E-state index in [9.17, 15) is 0 Å². The van der Waals surface area contributed by atoms with Crippen molar-refractivity contribution in [2.45, 2.75) is 45.4 Å². The van der Waals surface area contributed by atoms with Crippen molar-refractivity contribution in [2.75, 3.05) is 32.0 Å². The first-order valence-corrected chi connectivity index (χ1v) is 8.61. The van der Waals surface area contributed by atoms with Crippen LogP contribution in [0, 0.1) is 5.92 Å². The summed E-state index contributed by atoms with van der Waals surface area (Å²) >= 11 is 3.48. The van der Waals surface area contributed by atoms with Crippen molar-refractivity contribution in [3.63, 3.8) is 0 Å². The topological polar surface area (TPSA) is 41.0 Å². The average Bonchev–Trinajstić information content (AvgIpc) is 2.39. The van der Waals surface area contributed by atoms with Crippen LogP contribution in [0.25, 0.3) is 0 Å². The molecule has 5 heteroatoms. The van der Waals surface area contributed by atoms with E-state index in [0.29, 0.717) is 0 Å². The van der Waals surface area contributed by atoms with Gasteiger partial charge < -0.3 is 10.2 Å². The molecule has 0 aliphatic carbocycles. The quantitative estimate of drug-likeness (QED) is 0.837. The van der Waals surface area contributed by atoms with Crippen LogP contribution in [0.4, 0.5) is 5.82 Å². The van der Waals surface area contributed by atoms with Crippen LogP contribution in [-0.4, -0.2) is 41.5 Å². The highest BCUT2D eigenvalue weighted by molar-refractivity contribution is 9.10. The Morgan fingerprint density at radius 2 is 1.95 bits per heavy atom. The van der Waals surface area contributed by atoms with Gasteiger partial charge in [-0.05, 0) is 61.2 Å². The van der Waals surface area contributed by atoms with E-state index >= 15 is 0 Å². The number of nitrogens with one attached hydrogen (secondary N) is 1. The molecule has 1 aromatic heterocycles. The van der Waals surface area contributed by atoms with Crippen LogP contribution in [0.2, 0.25) is 0 Å². The summed E-state index contributed by atoms with van der Waals surface area (Å²) < 4.78 is 0.851. The van der Waals surface area contributed by atoms with Crippen molar-refractivity contribution in [2.24, 2.45) is 5.92 Å². The number of nitrogens with zero attached hydrogens (tertiary/aromatic N) is 3. The number of likely N-dealkylation sites (tertiary alicyclic amines) is 1. The van der Waals surface area contributed by atoms with Gasteiger partial charge in [-0.2, -0.15) is 0 Å². The van der Waals surface area contributed by atoms with Gasteiger partial charge in [-0.3, -0.25) is 0 Å². The Hall–Kier alpha value is -0.680. The number of rotatable bonds is 4. The molecule has 0 saturated carbocycles. The number of anilines is 1. The number of piperidine rings is 1. The van der Waals surface area contributed by atoms with Gasteiger partial charge in [0.25, 0.3) is 0 Å². The molecule has 1 fully saturated rings. The molecule has 0 aromatic carbocycles. The lowest BCUT2D eigenvalue weighted by Crippen LogP contribution is -2.30. The van der Waals surface area contributed by atoms with Crippen LogP contribution in [0.5, 0.6) is 0 Å². The van der Waals surface area contributed by atoms with Gasteiger partial charge in [-0.1, -0.05) is 20.8 Å². The van der Waals surface area contributed by atoms with Crippen LogP contribution in [-0.2, 0) is 5.41 Å². The zero-order chi connectivity index (χ0) is 15.5. The maximum atomic E-state index is 4.64. The van der Waals surface area contributed by atoms with E-state index < -0.39 is 0 Å². The Kier molecular flexibility index (Phi) is 5.60. The second kappa shape index (κ2) is 7.05. The third-order valence-electron chi connectivity index (χ3n) is 4.06. The first kappa shape index (κ1) is 16.7. The van der Waals surface area contributed by atoms with Crippen LogP contribution in [0.3, 0.4) is 0 Å². The molecule has 0 amide bonds. The highest BCUT2D eigenvalue weighted by atomic mass is 79.9. The van der Waals surface area contributed by atoms with Crippen molar-refractivity contribution >= 4 is 21.7 Å². The number of hydrogen-bond donors (Lipinski definition) is 1. The zero-order valence-electron chi connectivity index (χ0n) is 13.6. The molecule has 2 heterocycles. The largest absolute Gasteiger partial charge is 0.370 e. The summed E-state index contributed by atoms with van der Waals surface area (Å²) in [6, 6.07) is 1.96. The van der Waals surface area contributed by atoms with Crippen molar-refractivity contribution < 1.29 is 0 Å². The molecule has 1 aliphatic heterocycles. The standard InChI is InChI=1S/C16H27BrN4/c1-16(2,3)15-19-13(17)11-14(20-15)18-8-5-12-6-9-21(4)10-7-12/h11-12H,5-10H2,1-4H3,(H,18,19,20). The van der Waals surface area contributed by atoms with Gasteiger partial charge in [-0.25, -0.2) is 9.97 Å². The third kappa shape index (κ3) is 5.22. The molecular weight excluding hydrogens is 328 g/mol. The summed E-state index contributed by atoms with van der Waals surface area (Å²) in [5.41, 5.74) is -0.0336. The zero-order valence-corrected chi connectivity index (χ0v) is 15.2. The monoisotopic (exact) mass is 354 g/mol. The summed E-state index contributed by atoms with van der Waals surface area (Å²) in [5, 5.41) is 3.46. The average molecular weight is 355 g/mol. The molecule has 0 unspecified atom stereocenters. The van der Waals surface area contributed by atoms with Crippen LogP contribution >= 0.6 is 15.9 Å². The third-order valence-corrected chi connectivity index (χ3v) is 4.47. The maximum Gasteiger partial charge on any atom is 0.137 e. The maximum absolute atomic E-state index is 4.64. The van der Waals surface area contributed by atoms with Crippen LogP contribution in [0.1, 0.15) is 45.9 Å². The second-order valence-electron chi connectivity index (χ2n) is 7.11. The lowest BCUT2D eigenvalue weighted by atomic mass is 9.94. The SMILES string of the molecule is CN1CCC(CCNc2cc(Br)nc(C(C)(C)C)n2)CC1. The predicted molar refractivity (Wildman–Crippen MR) is 91.8 cm³/mol. The molecule has 1 aliphatic rings. The fourth-order valence-electron chi connectivity index (χ4n) is 2.60. The van der Waals surface area contributed by atoms with E-state index in [0.717, 1.165) is 28.7 Å². The first-order chi connectivity index (χ1) is 9.84. The van der Waals surface area contributed by atoms with Gasteiger partial charge in [0.2, 0.25) is 0 Å². The highest BCUT2D eigenvalue weighted by Gasteiger charge is 2.19. The minimum absolute atomic E-state index is 0.0336. The van der Waals surface area contributed by atoms with Crippen molar-refractivity contribution in [1.29, 1.82) is 0 Å². The molecule has 2 rings (SSSR count). The van der Waals surface area contributed by atoms with E-state index in [2.05, 4.69) is 63.9 Å². The number of hydrogen-bond acceptors (Lipinski definition) is 4. The number of aromatic nitrogens is 2. The highest BCUT2D eigenvalue weighted by Crippen LogP contribution is 2.23. The minimum atomic E-state index is -0.0336. The van der Waals surface area contributed by atoms with E-state index in [1.165, 1.54) is 32.4 Å². The second-order valence-corrected chi connectivity index (χ2v) is 7.92. The molecule has 1 aromatic rings. The fraction of sp³-hybridized carbons (Fsp3) is 0.750. The summed E-state index contributed by atoms with van der Waals surface area (Å²) in [4.78, 5) is 11.5. The van der Waals surface area contributed by atoms with E-state index in [1.807, 2.05) is 6.07 Å². The van der Waals surface area contributed by atoms with E-state index in [-0.39, 0.29) is 5.41 Å². The molecule has 0 atom stereocenters. The molecule has 1 N–H and O–H groups in total. The van der Waals surface area contributed by atoms with Crippen molar-refractivity contribution in [3.05, 3.63) is 16.5 Å². The Labute approximate surface area is 136 Å². The van der Waals surface area contributed by atoms with Gasteiger partial charge in [0.15, 0.2) is 0 Å². The minimum Gasteiger partial charge on any atom is -0.370 e. The fourth-order valence-corrected chi connectivity index (χ4v) is 2.98. The molecule has 4 nitrogen and oxygen atoms in total. The van der Waals surface area contributed by atoms with Crippen molar-refractivity contribution in [1.82, 2.24) is 14.9 Å². The molecule has 1 saturated heterocycles. The summed E-state index contributed by atoms with van der Waals surface area (Å²) in [7, 11) is 2.21.